The number of aryl methyl sites for hydroxylation is 1. The van der Waals surface area contributed by atoms with E-state index in [2.05, 4.69) is 14.9 Å². The molecule has 0 unspecified atom stereocenters. The van der Waals surface area contributed by atoms with Gasteiger partial charge in [0.1, 0.15) is 5.82 Å². The van der Waals surface area contributed by atoms with Crippen molar-refractivity contribution in [3.05, 3.63) is 54.1 Å². The Balaban J connectivity index is 1.53. The van der Waals surface area contributed by atoms with Gasteiger partial charge in [0.2, 0.25) is 5.91 Å². The Morgan fingerprint density at radius 1 is 1.43 bits per heavy atom. The SMILES string of the molecule is C[C@H](NC(=O)[C@@H]1CCn2ccnc2C1)[C@@H](O)Cc1ccccc1. The normalized spacial score (nSPS) is 19.7. The molecular formula is C18H23N3O2. The van der Waals surface area contributed by atoms with Crippen molar-refractivity contribution in [2.24, 2.45) is 5.92 Å². The van der Waals surface area contributed by atoms with Crippen LogP contribution in [0.4, 0.5) is 0 Å². The van der Waals surface area contributed by atoms with E-state index in [1.165, 1.54) is 0 Å². The molecule has 2 heterocycles. The number of benzene rings is 1. The summed E-state index contributed by atoms with van der Waals surface area (Å²) >= 11 is 0. The number of aliphatic hydroxyl groups is 1. The second-order valence-corrected chi connectivity index (χ2v) is 6.28. The molecule has 0 spiro atoms. The Morgan fingerprint density at radius 2 is 2.22 bits per heavy atom. The van der Waals surface area contributed by atoms with Gasteiger partial charge in [-0.1, -0.05) is 30.3 Å². The summed E-state index contributed by atoms with van der Waals surface area (Å²) in [6.07, 6.45) is 5.17. The Kier molecular flexibility index (Phi) is 4.76. The predicted octanol–water partition coefficient (Wildman–Crippen LogP) is 1.55. The van der Waals surface area contributed by atoms with Gasteiger partial charge in [0, 0.05) is 37.7 Å². The summed E-state index contributed by atoms with van der Waals surface area (Å²) in [7, 11) is 0. The number of nitrogens with zero attached hydrogens (tertiary/aromatic N) is 2. The van der Waals surface area contributed by atoms with Gasteiger partial charge >= 0.3 is 0 Å². The Bertz CT molecular complexity index is 653. The highest BCUT2D eigenvalue weighted by atomic mass is 16.3. The molecular weight excluding hydrogens is 290 g/mol. The van der Waals surface area contributed by atoms with Crippen molar-refractivity contribution in [2.45, 2.75) is 44.9 Å². The molecule has 0 fully saturated rings. The molecule has 122 valence electrons. The lowest BCUT2D eigenvalue weighted by molar-refractivity contribution is -0.127. The van der Waals surface area contributed by atoms with E-state index in [1.807, 2.05) is 43.5 Å². The molecule has 1 aliphatic rings. The van der Waals surface area contributed by atoms with Crippen LogP contribution in [0.1, 0.15) is 24.7 Å². The van der Waals surface area contributed by atoms with Crippen molar-refractivity contribution in [3.63, 3.8) is 0 Å². The van der Waals surface area contributed by atoms with Gasteiger partial charge in [-0.05, 0) is 18.9 Å². The van der Waals surface area contributed by atoms with Gasteiger partial charge in [-0.25, -0.2) is 4.98 Å². The summed E-state index contributed by atoms with van der Waals surface area (Å²) in [6, 6.07) is 9.56. The molecule has 1 aromatic carbocycles. The van der Waals surface area contributed by atoms with Gasteiger partial charge in [-0.15, -0.1) is 0 Å². The van der Waals surface area contributed by atoms with Crippen LogP contribution in [-0.4, -0.2) is 32.7 Å². The van der Waals surface area contributed by atoms with Crippen molar-refractivity contribution < 1.29 is 9.90 Å². The topological polar surface area (TPSA) is 67.2 Å². The molecule has 0 saturated carbocycles. The zero-order valence-electron chi connectivity index (χ0n) is 13.4. The fourth-order valence-electron chi connectivity index (χ4n) is 3.05. The molecule has 2 aromatic rings. The van der Waals surface area contributed by atoms with Gasteiger partial charge in [0.05, 0.1) is 12.1 Å². The van der Waals surface area contributed by atoms with Crippen molar-refractivity contribution in [2.75, 3.05) is 0 Å². The molecule has 0 radical (unpaired) electrons. The third-order valence-corrected chi connectivity index (χ3v) is 4.55. The van der Waals surface area contributed by atoms with E-state index in [0.29, 0.717) is 12.8 Å². The quantitative estimate of drug-likeness (QED) is 0.880. The number of hydrogen-bond donors (Lipinski definition) is 2. The Hall–Kier alpha value is -2.14. The number of rotatable bonds is 5. The molecule has 1 aromatic heterocycles. The largest absolute Gasteiger partial charge is 0.391 e. The van der Waals surface area contributed by atoms with Crippen LogP contribution in [0.3, 0.4) is 0 Å². The lowest BCUT2D eigenvalue weighted by atomic mass is 9.95. The number of fused-ring (bicyclic) bond motifs is 1. The van der Waals surface area contributed by atoms with Crippen LogP contribution in [0.25, 0.3) is 0 Å². The molecule has 3 rings (SSSR count). The monoisotopic (exact) mass is 313 g/mol. The molecule has 5 nitrogen and oxygen atoms in total. The fraction of sp³-hybridized carbons (Fsp3) is 0.444. The number of amides is 1. The highest BCUT2D eigenvalue weighted by molar-refractivity contribution is 5.79. The molecule has 0 bridgehead atoms. The minimum absolute atomic E-state index is 0.0128. The molecule has 5 heteroatoms. The van der Waals surface area contributed by atoms with Crippen molar-refractivity contribution in [1.82, 2.24) is 14.9 Å². The summed E-state index contributed by atoms with van der Waals surface area (Å²) in [5.41, 5.74) is 1.07. The smallest absolute Gasteiger partial charge is 0.223 e. The van der Waals surface area contributed by atoms with Crippen LogP contribution >= 0.6 is 0 Å². The summed E-state index contributed by atoms with van der Waals surface area (Å²) in [5, 5.41) is 13.3. The molecule has 0 aliphatic carbocycles. The number of imidazole rings is 1. The highest BCUT2D eigenvalue weighted by Crippen LogP contribution is 2.19. The third kappa shape index (κ3) is 3.79. The minimum Gasteiger partial charge on any atom is -0.391 e. The second kappa shape index (κ2) is 6.96. The maximum Gasteiger partial charge on any atom is 0.223 e. The number of hydrogen-bond acceptors (Lipinski definition) is 3. The van der Waals surface area contributed by atoms with Crippen LogP contribution in [-0.2, 0) is 24.2 Å². The van der Waals surface area contributed by atoms with Crippen LogP contribution in [0.5, 0.6) is 0 Å². The summed E-state index contributed by atoms with van der Waals surface area (Å²) in [4.78, 5) is 16.7. The standard InChI is InChI=1S/C18H23N3O2/c1-13(16(22)11-14-5-3-2-4-6-14)20-18(23)15-7-9-21-10-8-19-17(21)12-15/h2-6,8,10,13,15-16,22H,7,9,11-12H2,1H3,(H,20,23)/t13-,15+,16-/m0/s1. The summed E-state index contributed by atoms with van der Waals surface area (Å²) in [5.74, 6) is 0.920. The first-order chi connectivity index (χ1) is 11.1. The first-order valence-electron chi connectivity index (χ1n) is 8.16. The van der Waals surface area contributed by atoms with Crippen LogP contribution in [0, 0.1) is 5.92 Å². The fourth-order valence-corrected chi connectivity index (χ4v) is 3.05. The number of carbonyl (C=O) groups is 1. The molecule has 3 atom stereocenters. The Morgan fingerprint density at radius 3 is 3.00 bits per heavy atom. The molecule has 0 saturated heterocycles. The number of aliphatic hydroxyl groups excluding tert-OH is 1. The number of nitrogens with one attached hydrogen (secondary N) is 1. The van der Waals surface area contributed by atoms with Crippen LogP contribution in [0.2, 0.25) is 0 Å². The zero-order valence-corrected chi connectivity index (χ0v) is 13.4. The average molecular weight is 313 g/mol. The summed E-state index contributed by atoms with van der Waals surface area (Å²) < 4.78 is 2.09. The second-order valence-electron chi connectivity index (χ2n) is 6.28. The molecule has 1 aliphatic heterocycles. The first kappa shape index (κ1) is 15.7. The zero-order chi connectivity index (χ0) is 16.2. The van der Waals surface area contributed by atoms with Gasteiger partial charge in [-0.2, -0.15) is 0 Å². The van der Waals surface area contributed by atoms with Gasteiger partial charge < -0.3 is 15.0 Å². The molecule has 23 heavy (non-hydrogen) atoms. The first-order valence-corrected chi connectivity index (χ1v) is 8.16. The lowest BCUT2D eigenvalue weighted by Crippen LogP contribution is -2.46. The van der Waals surface area contributed by atoms with Gasteiger partial charge in [0.25, 0.3) is 0 Å². The van der Waals surface area contributed by atoms with Crippen molar-refractivity contribution in [1.29, 1.82) is 0 Å². The maximum absolute atomic E-state index is 12.4. The number of aromatic nitrogens is 2. The lowest BCUT2D eigenvalue weighted by Gasteiger charge is -2.26. The van der Waals surface area contributed by atoms with E-state index in [-0.39, 0.29) is 17.9 Å². The van der Waals surface area contributed by atoms with Crippen LogP contribution in [0.15, 0.2) is 42.7 Å². The molecule has 1 amide bonds. The van der Waals surface area contributed by atoms with E-state index >= 15 is 0 Å². The molecule has 2 N–H and O–H groups in total. The average Bonchev–Trinajstić information content (AvgIpc) is 3.03. The predicted molar refractivity (Wildman–Crippen MR) is 87.8 cm³/mol. The maximum atomic E-state index is 12.4. The number of carbonyl (C=O) groups excluding carboxylic acids is 1. The minimum atomic E-state index is -0.591. The van der Waals surface area contributed by atoms with Crippen molar-refractivity contribution in [3.8, 4) is 0 Å². The van der Waals surface area contributed by atoms with E-state index < -0.39 is 6.10 Å². The van der Waals surface area contributed by atoms with Gasteiger partial charge in [0.15, 0.2) is 0 Å². The van der Waals surface area contributed by atoms with Crippen molar-refractivity contribution >= 4 is 5.91 Å². The van der Waals surface area contributed by atoms with E-state index in [1.54, 1.807) is 6.20 Å². The highest BCUT2D eigenvalue weighted by Gasteiger charge is 2.27. The van der Waals surface area contributed by atoms with E-state index in [0.717, 1.165) is 24.4 Å². The third-order valence-electron chi connectivity index (χ3n) is 4.55. The van der Waals surface area contributed by atoms with E-state index in [4.69, 9.17) is 0 Å². The van der Waals surface area contributed by atoms with E-state index in [9.17, 15) is 9.90 Å². The van der Waals surface area contributed by atoms with Gasteiger partial charge in [-0.3, -0.25) is 4.79 Å². The summed E-state index contributed by atoms with van der Waals surface area (Å²) in [6.45, 7) is 2.68. The Labute approximate surface area is 136 Å². The van der Waals surface area contributed by atoms with Crippen LogP contribution < -0.4 is 5.32 Å².